The molecule has 3 rings (SSSR count). The summed E-state index contributed by atoms with van der Waals surface area (Å²) >= 11 is 0. The maximum atomic E-state index is 12.5. The standard InChI is InChI=1S/C19H23NO3/c1-14(12-19(2)22-10-11-23-19)13-20-18(21)17-9-5-7-15-6-3-4-8-16(15)17/h3-9,14H,10-13H2,1-2H3,(H,20,21). The van der Waals surface area contributed by atoms with Gasteiger partial charge in [-0.15, -0.1) is 0 Å². The molecule has 122 valence electrons. The van der Waals surface area contributed by atoms with Gasteiger partial charge in [0.25, 0.3) is 5.91 Å². The van der Waals surface area contributed by atoms with E-state index in [4.69, 9.17) is 9.47 Å². The largest absolute Gasteiger partial charge is 0.352 e. The van der Waals surface area contributed by atoms with Gasteiger partial charge in [-0.1, -0.05) is 43.3 Å². The Morgan fingerprint density at radius 3 is 2.65 bits per heavy atom. The number of hydrogen-bond donors (Lipinski definition) is 1. The lowest BCUT2D eigenvalue weighted by Gasteiger charge is -2.26. The zero-order valence-electron chi connectivity index (χ0n) is 13.7. The van der Waals surface area contributed by atoms with Gasteiger partial charge in [-0.05, 0) is 29.7 Å². The van der Waals surface area contributed by atoms with Gasteiger partial charge in [-0.3, -0.25) is 4.79 Å². The Morgan fingerprint density at radius 2 is 1.87 bits per heavy atom. The fraction of sp³-hybridized carbons (Fsp3) is 0.421. The Morgan fingerprint density at radius 1 is 1.17 bits per heavy atom. The lowest BCUT2D eigenvalue weighted by atomic mass is 10.0. The quantitative estimate of drug-likeness (QED) is 0.921. The third-order valence-electron chi connectivity index (χ3n) is 4.26. The van der Waals surface area contributed by atoms with E-state index in [2.05, 4.69) is 12.2 Å². The first kappa shape index (κ1) is 16.0. The van der Waals surface area contributed by atoms with Gasteiger partial charge in [-0.25, -0.2) is 0 Å². The second-order valence-electron chi connectivity index (χ2n) is 6.38. The molecule has 0 saturated carbocycles. The Labute approximate surface area is 136 Å². The summed E-state index contributed by atoms with van der Waals surface area (Å²) in [5.41, 5.74) is 0.717. The van der Waals surface area contributed by atoms with Crippen LogP contribution in [0.15, 0.2) is 42.5 Å². The van der Waals surface area contributed by atoms with Crippen LogP contribution in [0, 0.1) is 5.92 Å². The normalized spacial score (nSPS) is 18.0. The molecule has 0 bridgehead atoms. The second-order valence-corrected chi connectivity index (χ2v) is 6.38. The average molecular weight is 313 g/mol. The third kappa shape index (κ3) is 3.71. The van der Waals surface area contributed by atoms with Crippen LogP contribution in [-0.2, 0) is 9.47 Å². The zero-order chi connectivity index (χ0) is 16.3. The van der Waals surface area contributed by atoms with E-state index in [1.54, 1.807) is 0 Å². The third-order valence-corrected chi connectivity index (χ3v) is 4.26. The van der Waals surface area contributed by atoms with E-state index in [1.807, 2.05) is 49.4 Å². The van der Waals surface area contributed by atoms with E-state index < -0.39 is 5.79 Å². The molecule has 2 aromatic carbocycles. The molecule has 4 heteroatoms. The maximum absolute atomic E-state index is 12.5. The topological polar surface area (TPSA) is 47.6 Å². The molecule has 2 aromatic rings. The molecule has 1 unspecified atom stereocenters. The van der Waals surface area contributed by atoms with Gasteiger partial charge in [0.05, 0.1) is 13.2 Å². The molecule has 0 aliphatic carbocycles. The molecular weight excluding hydrogens is 290 g/mol. The van der Waals surface area contributed by atoms with Crippen LogP contribution < -0.4 is 5.32 Å². The average Bonchev–Trinajstić information content (AvgIpc) is 2.98. The summed E-state index contributed by atoms with van der Waals surface area (Å²) in [7, 11) is 0. The van der Waals surface area contributed by atoms with Crippen LogP contribution in [0.4, 0.5) is 0 Å². The van der Waals surface area contributed by atoms with E-state index in [9.17, 15) is 4.79 Å². The van der Waals surface area contributed by atoms with Crippen LogP contribution in [0.1, 0.15) is 30.6 Å². The molecule has 1 fully saturated rings. The molecule has 0 spiro atoms. The van der Waals surface area contributed by atoms with Crippen molar-refractivity contribution in [2.75, 3.05) is 19.8 Å². The van der Waals surface area contributed by atoms with Crippen molar-refractivity contribution in [3.63, 3.8) is 0 Å². The second kappa shape index (κ2) is 6.69. The molecule has 1 aliphatic heterocycles. The summed E-state index contributed by atoms with van der Waals surface area (Å²) < 4.78 is 11.3. The van der Waals surface area contributed by atoms with Crippen LogP contribution in [0.25, 0.3) is 10.8 Å². The van der Waals surface area contributed by atoms with Gasteiger partial charge in [0.1, 0.15) is 0 Å². The highest BCUT2D eigenvalue weighted by molar-refractivity contribution is 6.06. The number of ether oxygens (including phenoxy) is 2. The number of amides is 1. The zero-order valence-corrected chi connectivity index (χ0v) is 13.7. The fourth-order valence-corrected chi connectivity index (χ4v) is 3.17. The van der Waals surface area contributed by atoms with Crippen LogP contribution in [0.5, 0.6) is 0 Å². The van der Waals surface area contributed by atoms with Gasteiger partial charge in [0.15, 0.2) is 5.79 Å². The van der Waals surface area contributed by atoms with E-state index in [0.717, 1.165) is 22.8 Å². The lowest BCUT2D eigenvalue weighted by molar-refractivity contribution is -0.153. The molecule has 4 nitrogen and oxygen atoms in total. The predicted octanol–water partition coefficient (Wildman–Crippen LogP) is 3.36. The number of benzene rings is 2. The minimum absolute atomic E-state index is 0.0351. The van der Waals surface area contributed by atoms with Crippen molar-refractivity contribution in [1.29, 1.82) is 0 Å². The first-order chi connectivity index (χ1) is 11.1. The highest BCUT2D eigenvalue weighted by Crippen LogP contribution is 2.26. The number of fused-ring (bicyclic) bond motifs is 1. The van der Waals surface area contributed by atoms with Crippen molar-refractivity contribution >= 4 is 16.7 Å². The van der Waals surface area contributed by atoms with Crippen molar-refractivity contribution in [3.05, 3.63) is 48.0 Å². The van der Waals surface area contributed by atoms with Gasteiger partial charge >= 0.3 is 0 Å². The predicted molar refractivity (Wildman–Crippen MR) is 90.4 cm³/mol. The van der Waals surface area contributed by atoms with E-state index >= 15 is 0 Å². The molecule has 1 amide bonds. The Bertz CT molecular complexity index is 687. The number of nitrogens with one attached hydrogen (secondary N) is 1. The first-order valence-corrected chi connectivity index (χ1v) is 8.11. The van der Waals surface area contributed by atoms with Crippen LogP contribution in [0.2, 0.25) is 0 Å². The Hall–Kier alpha value is -1.91. The summed E-state index contributed by atoms with van der Waals surface area (Å²) in [4.78, 5) is 12.5. The van der Waals surface area contributed by atoms with E-state index in [1.165, 1.54) is 0 Å². The van der Waals surface area contributed by atoms with Gasteiger partial charge < -0.3 is 14.8 Å². The van der Waals surface area contributed by atoms with Crippen molar-refractivity contribution < 1.29 is 14.3 Å². The molecule has 0 aromatic heterocycles. The number of rotatable bonds is 5. The smallest absolute Gasteiger partial charge is 0.251 e. The Kier molecular flexibility index (Phi) is 4.64. The molecule has 1 aliphatic rings. The van der Waals surface area contributed by atoms with Gasteiger partial charge in [0.2, 0.25) is 0 Å². The monoisotopic (exact) mass is 313 g/mol. The van der Waals surface area contributed by atoms with Crippen molar-refractivity contribution in [1.82, 2.24) is 5.32 Å². The summed E-state index contributed by atoms with van der Waals surface area (Å²) in [5, 5.41) is 5.09. The maximum Gasteiger partial charge on any atom is 0.251 e. The number of carbonyl (C=O) groups is 1. The van der Waals surface area contributed by atoms with Crippen molar-refractivity contribution in [2.45, 2.75) is 26.1 Å². The molecule has 1 N–H and O–H groups in total. The summed E-state index contributed by atoms with van der Waals surface area (Å²) in [6.45, 7) is 5.95. The van der Waals surface area contributed by atoms with Crippen molar-refractivity contribution in [2.24, 2.45) is 5.92 Å². The van der Waals surface area contributed by atoms with E-state index in [0.29, 0.717) is 19.8 Å². The molecule has 1 saturated heterocycles. The number of hydrogen-bond acceptors (Lipinski definition) is 3. The van der Waals surface area contributed by atoms with E-state index in [-0.39, 0.29) is 11.8 Å². The minimum Gasteiger partial charge on any atom is -0.352 e. The highest BCUT2D eigenvalue weighted by atomic mass is 16.7. The first-order valence-electron chi connectivity index (χ1n) is 8.11. The van der Waals surface area contributed by atoms with Gasteiger partial charge in [-0.2, -0.15) is 0 Å². The summed E-state index contributed by atoms with van der Waals surface area (Å²) in [6, 6.07) is 13.7. The Balaban J connectivity index is 1.62. The SMILES string of the molecule is CC(CNC(=O)c1cccc2ccccc12)CC1(C)OCCO1. The lowest BCUT2D eigenvalue weighted by Crippen LogP contribution is -2.34. The van der Waals surface area contributed by atoms with Crippen LogP contribution >= 0.6 is 0 Å². The minimum atomic E-state index is -0.510. The molecule has 23 heavy (non-hydrogen) atoms. The van der Waals surface area contributed by atoms with Crippen LogP contribution in [-0.4, -0.2) is 31.5 Å². The fourth-order valence-electron chi connectivity index (χ4n) is 3.17. The summed E-state index contributed by atoms with van der Waals surface area (Å²) in [6.07, 6.45) is 0.767. The van der Waals surface area contributed by atoms with Crippen molar-refractivity contribution in [3.8, 4) is 0 Å². The summed E-state index contributed by atoms with van der Waals surface area (Å²) in [5.74, 6) is -0.270. The molecule has 0 radical (unpaired) electrons. The molecule has 1 heterocycles. The molecular formula is C19H23NO3. The van der Waals surface area contributed by atoms with Gasteiger partial charge in [0, 0.05) is 18.5 Å². The highest BCUT2D eigenvalue weighted by Gasteiger charge is 2.32. The molecule has 1 atom stereocenters. The van der Waals surface area contributed by atoms with Crippen LogP contribution in [0.3, 0.4) is 0 Å². The number of carbonyl (C=O) groups excluding carboxylic acids is 1.